The number of nitrogens with one attached hydrogen (secondary N) is 1. The molecule has 0 saturated carbocycles. The standard InChI is InChI=1S/C14H11Cl2F2N/c1-8(9-2-3-13(16)14(18)4-9)19-12-6-10(15)5-11(17)7-12/h2-8,19H,1H3. The first-order chi connectivity index (χ1) is 8.95. The largest absolute Gasteiger partial charge is 0.378 e. The topological polar surface area (TPSA) is 12.0 Å². The highest BCUT2D eigenvalue weighted by molar-refractivity contribution is 6.31. The van der Waals surface area contributed by atoms with Crippen LogP contribution in [0.2, 0.25) is 10.0 Å². The van der Waals surface area contributed by atoms with Gasteiger partial charge in [-0.1, -0.05) is 29.3 Å². The molecule has 1 N–H and O–H groups in total. The van der Waals surface area contributed by atoms with E-state index >= 15 is 0 Å². The summed E-state index contributed by atoms with van der Waals surface area (Å²) in [6.45, 7) is 1.83. The number of halogens is 4. The molecule has 2 aromatic carbocycles. The van der Waals surface area contributed by atoms with Crippen molar-refractivity contribution >= 4 is 28.9 Å². The van der Waals surface area contributed by atoms with Gasteiger partial charge in [0.25, 0.3) is 0 Å². The van der Waals surface area contributed by atoms with Gasteiger partial charge in [-0.25, -0.2) is 8.78 Å². The zero-order valence-corrected chi connectivity index (χ0v) is 11.6. The van der Waals surface area contributed by atoms with E-state index in [4.69, 9.17) is 23.2 Å². The third kappa shape index (κ3) is 3.58. The quantitative estimate of drug-likeness (QED) is 0.795. The lowest BCUT2D eigenvalue weighted by Crippen LogP contribution is -2.07. The third-order valence-corrected chi connectivity index (χ3v) is 3.21. The highest BCUT2D eigenvalue weighted by atomic mass is 35.5. The van der Waals surface area contributed by atoms with E-state index in [0.717, 1.165) is 0 Å². The Morgan fingerprint density at radius 2 is 1.79 bits per heavy atom. The van der Waals surface area contributed by atoms with Crippen LogP contribution in [0.25, 0.3) is 0 Å². The normalized spacial score (nSPS) is 12.3. The zero-order chi connectivity index (χ0) is 14.0. The van der Waals surface area contributed by atoms with Gasteiger partial charge in [0.05, 0.1) is 5.02 Å². The number of rotatable bonds is 3. The summed E-state index contributed by atoms with van der Waals surface area (Å²) in [6, 6.07) is 8.50. The summed E-state index contributed by atoms with van der Waals surface area (Å²) < 4.78 is 26.6. The first-order valence-corrected chi connectivity index (χ1v) is 6.39. The van der Waals surface area contributed by atoms with Crippen LogP contribution in [0.3, 0.4) is 0 Å². The smallest absolute Gasteiger partial charge is 0.142 e. The number of hydrogen-bond donors (Lipinski definition) is 1. The second kappa shape index (κ2) is 5.76. The van der Waals surface area contributed by atoms with Crippen molar-refractivity contribution in [3.05, 3.63) is 63.6 Å². The van der Waals surface area contributed by atoms with Gasteiger partial charge < -0.3 is 5.32 Å². The van der Waals surface area contributed by atoms with E-state index in [1.807, 2.05) is 6.92 Å². The summed E-state index contributed by atoms with van der Waals surface area (Å²) in [6.07, 6.45) is 0. The summed E-state index contributed by atoms with van der Waals surface area (Å²) in [5.41, 5.74) is 1.25. The van der Waals surface area contributed by atoms with Gasteiger partial charge in [0.2, 0.25) is 0 Å². The first kappa shape index (κ1) is 14.1. The summed E-state index contributed by atoms with van der Waals surface area (Å²) in [5.74, 6) is -0.908. The number of hydrogen-bond acceptors (Lipinski definition) is 1. The molecule has 0 saturated heterocycles. The van der Waals surface area contributed by atoms with E-state index in [-0.39, 0.29) is 11.1 Å². The Labute approximate surface area is 120 Å². The molecular weight excluding hydrogens is 291 g/mol. The minimum absolute atomic E-state index is 0.0738. The van der Waals surface area contributed by atoms with Crippen molar-refractivity contribution < 1.29 is 8.78 Å². The highest BCUT2D eigenvalue weighted by Gasteiger charge is 2.09. The Kier molecular flexibility index (Phi) is 4.27. The van der Waals surface area contributed by atoms with Crippen molar-refractivity contribution in [1.82, 2.24) is 0 Å². The van der Waals surface area contributed by atoms with Gasteiger partial charge in [-0.05, 0) is 42.8 Å². The Hall–Kier alpha value is -1.32. The molecule has 5 heteroatoms. The van der Waals surface area contributed by atoms with Gasteiger partial charge in [0, 0.05) is 16.8 Å². The van der Waals surface area contributed by atoms with Crippen LogP contribution in [0.4, 0.5) is 14.5 Å². The van der Waals surface area contributed by atoms with Crippen LogP contribution in [-0.2, 0) is 0 Å². The fourth-order valence-corrected chi connectivity index (χ4v) is 2.09. The maximum Gasteiger partial charge on any atom is 0.142 e. The Bertz CT molecular complexity index is 582. The molecule has 0 amide bonds. The lowest BCUT2D eigenvalue weighted by Gasteiger charge is -2.16. The number of anilines is 1. The molecule has 19 heavy (non-hydrogen) atoms. The molecule has 2 aromatic rings. The van der Waals surface area contributed by atoms with E-state index in [0.29, 0.717) is 16.3 Å². The van der Waals surface area contributed by atoms with Crippen LogP contribution < -0.4 is 5.32 Å². The van der Waals surface area contributed by atoms with E-state index in [2.05, 4.69) is 5.32 Å². The van der Waals surface area contributed by atoms with Crippen LogP contribution in [0.5, 0.6) is 0 Å². The maximum atomic E-state index is 13.4. The first-order valence-electron chi connectivity index (χ1n) is 5.63. The average molecular weight is 302 g/mol. The molecule has 100 valence electrons. The molecule has 0 bridgehead atoms. The van der Waals surface area contributed by atoms with Crippen molar-refractivity contribution in [1.29, 1.82) is 0 Å². The molecule has 1 atom stereocenters. The van der Waals surface area contributed by atoms with Crippen LogP contribution in [0.1, 0.15) is 18.5 Å². The van der Waals surface area contributed by atoms with Crippen LogP contribution in [0, 0.1) is 11.6 Å². The van der Waals surface area contributed by atoms with Gasteiger partial charge in [-0.15, -0.1) is 0 Å². The molecule has 0 aliphatic carbocycles. The summed E-state index contributed by atoms with van der Waals surface area (Å²) in [4.78, 5) is 0. The van der Waals surface area contributed by atoms with Gasteiger partial charge in [-0.2, -0.15) is 0 Å². The second-order valence-electron chi connectivity index (χ2n) is 4.20. The molecule has 1 nitrogen and oxygen atoms in total. The zero-order valence-electron chi connectivity index (χ0n) is 10.1. The summed E-state index contributed by atoms with van der Waals surface area (Å²) in [5, 5.41) is 3.43. The molecule has 1 unspecified atom stereocenters. The lowest BCUT2D eigenvalue weighted by molar-refractivity contribution is 0.623. The van der Waals surface area contributed by atoms with E-state index in [1.165, 1.54) is 24.3 Å². The highest BCUT2D eigenvalue weighted by Crippen LogP contribution is 2.25. The Balaban J connectivity index is 2.20. The van der Waals surface area contributed by atoms with Crippen molar-refractivity contribution in [2.75, 3.05) is 5.32 Å². The minimum atomic E-state index is -0.481. The molecule has 0 heterocycles. The van der Waals surface area contributed by atoms with E-state index in [1.54, 1.807) is 12.1 Å². The number of benzene rings is 2. The third-order valence-electron chi connectivity index (χ3n) is 2.69. The molecule has 0 spiro atoms. The van der Waals surface area contributed by atoms with E-state index < -0.39 is 11.6 Å². The molecule has 0 radical (unpaired) electrons. The Morgan fingerprint density at radius 3 is 2.42 bits per heavy atom. The molecule has 2 rings (SSSR count). The average Bonchev–Trinajstić information content (AvgIpc) is 2.31. The van der Waals surface area contributed by atoms with Crippen molar-refractivity contribution in [2.45, 2.75) is 13.0 Å². The van der Waals surface area contributed by atoms with Crippen LogP contribution in [0.15, 0.2) is 36.4 Å². The lowest BCUT2D eigenvalue weighted by atomic mass is 10.1. The monoisotopic (exact) mass is 301 g/mol. The van der Waals surface area contributed by atoms with Gasteiger partial charge in [0.1, 0.15) is 11.6 Å². The minimum Gasteiger partial charge on any atom is -0.378 e. The summed E-state index contributed by atoms with van der Waals surface area (Å²) in [7, 11) is 0. The molecule has 0 aromatic heterocycles. The molecule has 0 aliphatic heterocycles. The molecule has 0 aliphatic rings. The summed E-state index contributed by atoms with van der Waals surface area (Å²) >= 11 is 11.4. The fraction of sp³-hybridized carbons (Fsp3) is 0.143. The predicted molar refractivity (Wildman–Crippen MR) is 74.9 cm³/mol. The Morgan fingerprint density at radius 1 is 1.05 bits per heavy atom. The predicted octanol–water partition coefficient (Wildman–Crippen LogP) is 5.44. The van der Waals surface area contributed by atoms with Crippen molar-refractivity contribution in [2.24, 2.45) is 0 Å². The SMILES string of the molecule is CC(Nc1cc(F)cc(Cl)c1)c1ccc(Cl)c(F)c1. The molecule has 0 fully saturated rings. The molecular formula is C14H11Cl2F2N. The van der Waals surface area contributed by atoms with Gasteiger partial charge in [0.15, 0.2) is 0 Å². The van der Waals surface area contributed by atoms with Crippen molar-refractivity contribution in [3.8, 4) is 0 Å². The van der Waals surface area contributed by atoms with Gasteiger partial charge in [-0.3, -0.25) is 0 Å². The van der Waals surface area contributed by atoms with E-state index in [9.17, 15) is 8.78 Å². The van der Waals surface area contributed by atoms with Crippen molar-refractivity contribution in [3.63, 3.8) is 0 Å². The van der Waals surface area contributed by atoms with Crippen LogP contribution in [-0.4, -0.2) is 0 Å². The van der Waals surface area contributed by atoms with Gasteiger partial charge >= 0.3 is 0 Å². The maximum absolute atomic E-state index is 13.4. The fourth-order valence-electron chi connectivity index (χ4n) is 1.75. The van der Waals surface area contributed by atoms with Crippen LogP contribution >= 0.6 is 23.2 Å². The second-order valence-corrected chi connectivity index (χ2v) is 5.04.